The third kappa shape index (κ3) is 3.63. The minimum absolute atomic E-state index is 0.148. The Labute approximate surface area is 120 Å². The summed E-state index contributed by atoms with van der Waals surface area (Å²) in [6.07, 6.45) is 1.28. The van der Waals surface area contributed by atoms with Crippen molar-refractivity contribution in [2.45, 2.75) is 19.5 Å². The van der Waals surface area contributed by atoms with E-state index in [9.17, 15) is 14.0 Å². The first kappa shape index (κ1) is 15.1. The van der Waals surface area contributed by atoms with Crippen LogP contribution in [0.25, 0.3) is 10.9 Å². The van der Waals surface area contributed by atoms with Crippen molar-refractivity contribution in [2.75, 3.05) is 13.7 Å². The summed E-state index contributed by atoms with van der Waals surface area (Å²) in [5.41, 5.74) is -0.0557. The highest BCUT2D eigenvalue weighted by Gasteiger charge is 2.11. The molecule has 0 saturated heterocycles. The fourth-order valence-corrected chi connectivity index (χ4v) is 2.01. The Balaban J connectivity index is 2.21. The zero-order chi connectivity index (χ0) is 15.4. The van der Waals surface area contributed by atoms with Gasteiger partial charge in [-0.25, -0.2) is 9.37 Å². The number of aromatic nitrogens is 2. The number of amides is 1. The molecule has 1 N–H and O–H groups in total. The zero-order valence-corrected chi connectivity index (χ0v) is 11.8. The van der Waals surface area contributed by atoms with Crippen molar-refractivity contribution in [3.63, 3.8) is 0 Å². The van der Waals surface area contributed by atoms with Gasteiger partial charge in [0, 0.05) is 13.2 Å². The van der Waals surface area contributed by atoms with E-state index >= 15 is 0 Å². The maximum Gasteiger partial charge on any atom is 0.261 e. The molecule has 1 unspecified atom stereocenters. The van der Waals surface area contributed by atoms with Crippen molar-refractivity contribution in [1.82, 2.24) is 14.9 Å². The zero-order valence-electron chi connectivity index (χ0n) is 11.8. The van der Waals surface area contributed by atoms with Crippen molar-refractivity contribution in [1.29, 1.82) is 0 Å². The van der Waals surface area contributed by atoms with Crippen LogP contribution >= 0.6 is 0 Å². The Morgan fingerprint density at radius 2 is 2.29 bits per heavy atom. The fraction of sp³-hybridized carbons (Fsp3) is 0.357. The number of ether oxygens (including phenoxy) is 1. The van der Waals surface area contributed by atoms with Gasteiger partial charge in [-0.3, -0.25) is 14.2 Å². The lowest BCUT2D eigenvalue weighted by molar-refractivity contribution is -0.122. The largest absolute Gasteiger partial charge is 0.383 e. The molecule has 1 heterocycles. The normalized spacial score (nSPS) is 12.3. The van der Waals surface area contributed by atoms with Crippen LogP contribution in [0.3, 0.4) is 0 Å². The van der Waals surface area contributed by atoms with Gasteiger partial charge in [-0.1, -0.05) is 0 Å². The van der Waals surface area contributed by atoms with Crippen LogP contribution in [0.15, 0.2) is 29.3 Å². The van der Waals surface area contributed by atoms with Crippen LogP contribution in [0.1, 0.15) is 6.92 Å². The number of hydrogen-bond donors (Lipinski definition) is 1. The van der Waals surface area contributed by atoms with Crippen LogP contribution in [-0.2, 0) is 16.1 Å². The minimum Gasteiger partial charge on any atom is -0.383 e. The van der Waals surface area contributed by atoms with E-state index in [1.54, 1.807) is 6.92 Å². The molecule has 1 aromatic carbocycles. The fourth-order valence-electron chi connectivity index (χ4n) is 2.01. The standard InChI is InChI=1S/C14H16FN3O3/c1-9(7-21-2)17-13(19)6-18-8-16-12-4-3-10(15)5-11(12)14(18)20/h3-5,8-9H,6-7H2,1-2H3,(H,17,19). The molecule has 0 aliphatic heterocycles. The number of methoxy groups -OCH3 is 1. The molecule has 0 saturated carbocycles. The van der Waals surface area contributed by atoms with E-state index in [2.05, 4.69) is 10.3 Å². The molecule has 0 aliphatic rings. The van der Waals surface area contributed by atoms with E-state index in [4.69, 9.17) is 4.74 Å². The summed E-state index contributed by atoms with van der Waals surface area (Å²) in [6, 6.07) is 3.62. The predicted octanol–water partition coefficient (Wildman–Crippen LogP) is 0.687. The van der Waals surface area contributed by atoms with Crippen molar-refractivity contribution in [2.24, 2.45) is 0 Å². The predicted molar refractivity (Wildman–Crippen MR) is 75.4 cm³/mol. The van der Waals surface area contributed by atoms with Crippen LogP contribution in [0, 0.1) is 5.82 Å². The summed E-state index contributed by atoms with van der Waals surface area (Å²) in [4.78, 5) is 28.0. The lowest BCUT2D eigenvalue weighted by Gasteiger charge is -2.13. The molecule has 1 amide bonds. The van der Waals surface area contributed by atoms with Gasteiger partial charge in [-0.15, -0.1) is 0 Å². The topological polar surface area (TPSA) is 73.2 Å². The quantitative estimate of drug-likeness (QED) is 0.880. The van der Waals surface area contributed by atoms with Crippen LogP contribution in [0.2, 0.25) is 0 Å². The number of nitrogens with one attached hydrogen (secondary N) is 1. The van der Waals surface area contributed by atoms with E-state index in [-0.39, 0.29) is 23.9 Å². The van der Waals surface area contributed by atoms with Gasteiger partial charge in [-0.2, -0.15) is 0 Å². The molecule has 0 bridgehead atoms. The van der Waals surface area contributed by atoms with E-state index in [0.717, 1.165) is 10.6 Å². The summed E-state index contributed by atoms with van der Waals surface area (Å²) in [5, 5.41) is 2.84. The Hall–Kier alpha value is -2.28. The monoisotopic (exact) mass is 293 g/mol. The number of fused-ring (bicyclic) bond motifs is 1. The number of halogens is 1. The molecule has 0 radical (unpaired) electrons. The van der Waals surface area contributed by atoms with E-state index in [1.807, 2.05) is 0 Å². The van der Waals surface area contributed by atoms with Crippen LogP contribution in [0.5, 0.6) is 0 Å². The first-order chi connectivity index (χ1) is 10.0. The molecule has 6 nitrogen and oxygen atoms in total. The summed E-state index contributed by atoms with van der Waals surface area (Å²) >= 11 is 0. The molecular weight excluding hydrogens is 277 g/mol. The summed E-state index contributed by atoms with van der Waals surface area (Å²) in [5.74, 6) is -0.850. The van der Waals surface area contributed by atoms with Gasteiger partial charge < -0.3 is 10.1 Å². The third-order valence-corrected chi connectivity index (χ3v) is 2.92. The molecule has 21 heavy (non-hydrogen) atoms. The van der Waals surface area contributed by atoms with Gasteiger partial charge in [0.15, 0.2) is 0 Å². The van der Waals surface area contributed by atoms with E-state index < -0.39 is 11.4 Å². The maximum atomic E-state index is 13.2. The van der Waals surface area contributed by atoms with Gasteiger partial charge in [-0.05, 0) is 25.1 Å². The second-order valence-corrected chi connectivity index (χ2v) is 4.76. The molecule has 0 fully saturated rings. The average molecular weight is 293 g/mol. The van der Waals surface area contributed by atoms with Gasteiger partial charge in [0.25, 0.3) is 5.56 Å². The lowest BCUT2D eigenvalue weighted by atomic mass is 10.2. The Morgan fingerprint density at radius 3 is 3.00 bits per heavy atom. The number of rotatable bonds is 5. The average Bonchev–Trinajstić information content (AvgIpc) is 2.42. The maximum absolute atomic E-state index is 13.2. The molecule has 1 aromatic heterocycles. The molecule has 0 spiro atoms. The molecule has 1 atom stereocenters. The van der Waals surface area contributed by atoms with Crippen LogP contribution in [0.4, 0.5) is 4.39 Å². The van der Waals surface area contributed by atoms with Gasteiger partial charge in [0.2, 0.25) is 5.91 Å². The van der Waals surface area contributed by atoms with Crippen LogP contribution in [-0.4, -0.2) is 35.2 Å². The second kappa shape index (κ2) is 6.45. The number of carbonyl (C=O) groups is 1. The molecular formula is C14H16FN3O3. The molecule has 2 rings (SSSR count). The molecule has 2 aromatic rings. The highest BCUT2D eigenvalue weighted by atomic mass is 19.1. The summed E-state index contributed by atoms with van der Waals surface area (Å²) < 4.78 is 19.3. The molecule has 112 valence electrons. The SMILES string of the molecule is COCC(C)NC(=O)Cn1cnc2ccc(F)cc2c1=O. The van der Waals surface area contributed by atoms with Crippen molar-refractivity contribution in [3.05, 3.63) is 40.7 Å². The van der Waals surface area contributed by atoms with Crippen molar-refractivity contribution < 1.29 is 13.9 Å². The highest BCUT2D eigenvalue weighted by molar-refractivity contribution is 5.79. The molecule has 7 heteroatoms. The summed E-state index contributed by atoms with van der Waals surface area (Å²) in [6.45, 7) is 1.99. The highest BCUT2D eigenvalue weighted by Crippen LogP contribution is 2.08. The number of carbonyl (C=O) groups excluding carboxylic acids is 1. The first-order valence-corrected chi connectivity index (χ1v) is 6.44. The third-order valence-electron chi connectivity index (χ3n) is 2.92. The Bertz CT molecular complexity index is 714. The van der Waals surface area contributed by atoms with Crippen molar-refractivity contribution in [3.8, 4) is 0 Å². The Kier molecular flexibility index (Phi) is 4.64. The minimum atomic E-state index is -0.516. The van der Waals surface area contributed by atoms with Gasteiger partial charge in [0.05, 0.1) is 23.8 Å². The number of benzene rings is 1. The summed E-state index contributed by atoms with van der Waals surface area (Å²) in [7, 11) is 1.54. The number of hydrogen-bond acceptors (Lipinski definition) is 4. The van der Waals surface area contributed by atoms with Crippen LogP contribution < -0.4 is 10.9 Å². The second-order valence-electron chi connectivity index (χ2n) is 4.76. The lowest BCUT2D eigenvalue weighted by Crippen LogP contribution is -2.39. The van der Waals surface area contributed by atoms with E-state index in [0.29, 0.717) is 12.1 Å². The van der Waals surface area contributed by atoms with Gasteiger partial charge >= 0.3 is 0 Å². The number of nitrogens with zero attached hydrogens (tertiary/aromatic N) is 2. The molecule has 0 aliphatic carbocycles. The van der Waals surface area contributed by atoms with Gasteiger partial charge in [0.1, 0.15) is 12.4 Å². The first-order valence-electron chi connectivity index (χ1n) is 6.44. The van der Waals surface area contributed by atoms with E-state index in [1.165, 1.54) is 25.6 Å². The smallest absolute Gasteiger partial charge is 0.261 e. The Morgan fingerprint density at radius 1 is 1.52 bits per heavy atom. The van der Waals surface area contributed by atoms with Crippen molar-refractivity contribution >= 4 is 16.8 Å².